The fraction of sp³-hybridized carbons (Fsp3) is 0. The van der Waals surface area contributed by atoms with Crippen molar-refractivity contribution in [3.8, 4) is 22.9 Å². The molecule has 21 heavy (non-hydrogen) atoms. The molecule has 5 nitrogen and oxygen atoms in total. The third-order valence-electron chi connectivity index (χ3n) is 2.97. The summed E-state index contributed by atoms with van der Waals surface area (Å²) < 4.78 is 0. The maximum Gasteiger partial charge on any atom is 0.185 e. The molecule has 3 aromatic rings. The first-order valence-corrected chi connectivity index (χ1v) is 6.40. The van der Waals surface area contributed by atoms with Crippen molar-refractivity contribution in [1.82, 2.24) is 15.2 Å². The first-order chi connectivity index (χ1) is 10.2. The number of nitrogens with zero attached hydrogens (tertiary/aromatic N) is 2. The Morgan fingerprint density at radius 2 is 1.67 bits per heavy atom. The smallest absolute Gasteiger partial charge is 0.185 e. The maximum atomic E-state index is 9.77. The molecule has 0 amide bonds. The zero-order chi connectivity index (χ0) is 14.7. The van der Waals surface area contributed by atoms with Gasteiger partial charge in [0, 0.05) is 0 Å². The van der Waals surface area contributed by atoms with Crippen LogP contribution in [0.1, 0.15) is 11.4 Å². The average Bonchev–Trinajstić information content (AvgIpc) is 2.96. The van der Waals surface area contributed by atoms with E-state index in [1.807, 2.05) is 12.1 Å². The van der Waals surface area contributed by atoms with Crippen molar-refractivity contribution < 1.29 is 10.2 Å². The monoisotopic (exact) mass is 279 g/mol. The summed E-state index contributed by atoms with van der Waals surface area (Å²) >= 11 is 0. The van der Waals surface area contributed by atoms with Crippen LogP contribution in [-0.2, 0) is 0 Å². The minimum Gasteiger partial charge on any atom is -0.508 e. The first kappa shape index (κ1) is 12.9. The fourth-order valence-electron chi connectivity index (χ4n) is 1.89. The summed E-state index contributed by atoms with van der Waals surface area (Å²) in [7, 11) is 0. The molecule has 0 unspecified atom stereocenters. The van der Waals surface area contributed by atoms with Crippen molar-refractivity contribution in [2.75, 3.05) is 0 Å². The lowest BCUT2D eigenvalue weighted by Gasteiger charge is -1.97. The highest BCUT2D eigenvalue weighted by Crippen LogP contribution is 2.25. The van der Waals surface area contributed by atoms with Gasteiger partial charge >= 0.3 is 0 Å². The number of aromatic nitrogens is 3. The molecule has 104 valence electrons. The molecule has 0 aliphatic heterocycles. The van der Waals surface area contributed by atoms with Gasteiger partial charge in [-0.05, 0) is 35.9 Å². The molecule has 0 radical (unpaired) electrons. The van der Waals surface area contributed by atoms with Crippen LogP contribution in [0.15, 0.2) is 48.5 Å². The van der Waals surface area contributed by atoms with Crippen LogP contribution < -0.4 is 0 Å². The van der Waals surface area contributed by atoms with Crippen LogP contribution in [0.4, 0.5) is 0 Å². The number of nitrogens with one attached hydrogen (secondary N) is 1. The number of hydrogen-bond acceptors (Lipinski definition) is 4. The number of aromatic hydroxyl groups is 2. The molecule has 1 heterocycles. The maximum absolute atomic E-state index is 9.77. The molecule has 0 bridgehead atoms. The summed E-state index contributed by atoms with van der Waals surface area (Å²) in [6.45, 7) is 0. The number of phenolic OH excluding ortho intramolecular Hbond substituents is 2. The summed E-state index contributed by atoms with van der Waals surface area (Å²) in [5.41, 5.74) is 1.52. The van der Waals surface area contributed by atoms with E-state index in [4.69, 9.17) is 0 Å². The van der Waals surface area contributed by atoms with Gasteiger partial charge < -0.3 is 10.2 Å². The summed E-state index contributed by atoms with van der Waals surface area (Å²) in [6, 6.07) is 13.7. The van der Waals surface area contributed by atoms with Gasteiger partial charge in [-0.3, -0.25) is 5.10 Å². The van der Waals surface area contributed by atoms with Crippen LogP contribution in [-0.4, -0.2) is 25.4 Å². The minimum absolute atomic E-state index is 0.144. The molecular formula is C16H13N3O2. The van der Waals surface area contributed by atoms with Crippen molar-refractivity contribution in [2.24, 2.45) is 0 Å². The van der Waals surface area contributed by atoms with E-state index < -0.39 is 0 Å². The zero-order valence-electron chi connectivity index (χ0n) is 11.1. The van der Waals surface area contributed by atoms with E-state index >= 15 is 0 Å². The average molecular weight is 279 g/mol. The number of para-hydroxylation sites is 1. The Hall–Kier alpha value is -3.08. The van der Waals surface area contributed by atoms with Crippen LogP contribution >= 0.6 is 0 Å². The van der Waals surface area contributed by atoms with Gasteiger partial charge in [-0.2, -0.15) is 5.10 Å². The fourth-order valence-corrected chi connectivity index (χ4v) is 1.89. The lowest BCUT2D eigenvalue weighted by atomic mass is 10.2. The van der Waals surface area contributed by atoms with Gasteiger partial charge in [-0.25, -0.2) is 4.98 Å². The van der Waals surface area contributed by atoms with Gasteiger partial charge in [0.15, 0.2) is 5.82 Å². The number of aromatic amines is 1. The first-order valence-electron chi connectivity index (χ1n) is 6.40. The van der Waals surface area contributed by atoms with Gasteiger partial charge in [-0.1, -0.05) is 30.3 Å². The summed E-state index contributed by atoms with van der Waals surface area (Å²) in [5, 5.41) is 25.9. The second-order valence-corrected chi connectivity index (χ2v) is 4.49. The predicted octanol–water partition coefficient (Wildman–Crippen LogP) is 3.05. The van der Waals surface area contributed by atoms with Crippen LogP contribution in [0.3, 0.4) is 0 Å². The lowest BCUT2D eigenvalue weighted by Crippen LogP contribution is -1.81. The second-order valence-electron chi connectivity index (χ2n) is 4.49. The molecule has 5 heteroatoms. The summed E-state index contributed by atoms with van der Waals surface area (Å²) in [5.74, 6) is 1.40. The Bertz CT molecular complexity index is 776. The van der Waals surface area contributed by atoms with Gasteiger partial charge in [-0.15, -0.1) is 0 Å². The number of benzene rings is 2. The Balaban J connectivity index is 1.82. The topological polar surface area (TPSA) is 82.0 Å². The van der Waals surface area contributed by atoms with Gasteiger partial charge in [0.05, 0.1) is 5.56 Å². The molecule has 3 rings (SSSR count). The van der Waals surface area contributed by atoms with Crippen molar-refractivity contribution >= 4 is 12.2 Å². The van der Waals surface area contributed by atoms with Crippen LogP contribution in [0.2, 0.25) is 0 Å². The van der Waals surface area contributed by atoms with Crippen LogP contribution in [0.5, 0.6) is 11.5 Å². The third kappa shape index (κ3) is 2.92. The minimum atomic E-state index is 0.144. The molecule has 0 aliphatic carbocycles. The van der Waals surface area contributed by atoms with E-state index in [1.165, 1.54) is 0 Å². The van der Waals surface area contributed by atoms with Crippen molar-refractivity contribution in [2.45, 2.75) is 0 Å². The molecule has 0 aliphatic rings. The number of phenols is 2. The quantitative estimate of drug-likeness (QED) is 0.688. The molecule has 3 N–H and O–H groups in total. The largest absolute Gasteiger partial charge is 0.508 e. The van der Waals surface area contributed by atoms with E-state index in [0.29, 0.717) is 17.2 Å². The third-order valence-corrected chi connectivity index (χ3v) is 2.97. The van der Waals surface area contributed by atoms with E-state index in [9.17, 15) is 10.2 Å². The van der Waals surface area contributed by atoms with Crippen molar-refractivity contribution in [1.29, 1.82) is 0 Å². The molecule has 1 aromatic heterocycles. The highest BCUT2D eigenvalue weighted by atomic mass is 16.3. The molecule has 0 spiro atoms. The van der Waals surface area contributed by atoms with E-state index in [1.54, 1.807) is 48.5 Å². The van der Waals surface area contributed by atoms with Gasteiger partial charge in [0.25, 0.3) is 0 Å². The number of hydrogen-bond donors (Lipinski definition) is 3. The highest BCUT2D eigenvalue weighted by Gasteiger charge is 2.08. The molecule has 0 saturated heterocycles. The molecule has 0 atom stereocenters. The Morgan fingerprint density at radius 3 is 2.43 bits per heavy atom. The van der Waals surface area contributed by atoms with E-state index in [-0.39, 0.29) is 11.5 Å². The number of rotatable bonds is 3. The predicted molar refractivity (Wildman–Crippen MR) is 80.5 cm³/mol. The van der Waals surface area contributed by atoms with Crippen LogP contribution in [0.25, 0.3) is 23.5 Å². The molecule has 0 saturated carbocycles. The van der Waals surface area contributed by atoms with Crippen LogP contribution in [0, 0.1) is 0 Å². The second kappa shape index (κ2) is 5.50. The Labute approximate surface area is 121 Å². The number of H-pyrrole nitrogens is 1. The summed E-state index contributed by atoms with van der Waals surface area (Å²) in [6.07, 6.45) is 3.64. The molecular weight excluding hydrogens is 266 g/mol. The van der Waals surface area contributed by atoms with Gasteiger partial charge in [0.1, 0.15) is 17.3 Å². The van der Waals surface area contributed by atoms with Gasteiger partial charge in [0.2, 0.25) is 0 Å². The highest BCUT2D eigenvalue weighted by molar-refractivity contribution is 5.69. The SMILES string of the molecule is Oc1ccc(/C=C/c2nc(-c3ccccc3O)n[nH]2)cc1. The Morgan fingerprint density at radius 1 is 0.905 bits per heavy atom. The standard InChI is InChI=1S/C16H13N3O2/c20-12-8-5-11(6-9-12)7-10-15-17-16(19-18-15)13-3-1-2-4-14(13)21/h1-10,20-21H,(H,17,18,19)/b10-7+. The van der Waals surface area contributed by atoms with E-state index in [0.717, 1.165) is 5.56 Å². The van der Waals surface area contributed by atoms with E-state index in [2.05, 4.69) is 15.2 Å². The lowest BCUT2D eigenvalue weighted by molar-refractivity contribution is 0.475. The van der Waals surface area contributed by atoms with Crippen molar-refractivity contribution in [3.63, 3.8) is 0 Å². The normalized spacial score (nSPS) is 11.0. The molecule has 2 aromatic carbocycles. The summed E-state index contributed by atoms with van der Waals surface area (Å²) in [4.78, 5) is 4.31. The molecule has 0 fully saturated rings. The zero-order valence-corrected chi connectivity index (χ0v) is 11.1. The Kier molecular flexibility index (Phi) is 3.39. The van der Waals surface area contributed by atoms with Crippen molar-refractivity contribution in [3.05, 3.63) is 59.9 Å².